The van der Waals surface area contributed by atoms with Crippen LogP contribution in [-0.2, 0) is 10.6 Å². The summed E-state index contributed by atoms with van der Waals surface area (Å²) in [7, 11) is 1.74. The summed E-state index contributed by atoms with van der Waals surface area (Å²) in [6, 6.07) is 5.81. The minimum absolute atomic E-state index is 0.340. The molecule has 1 aliphatic heterocycles. The first-order valence-electron chi connectivity index (χ1n) is 4.86. The molecule has 1 fully saturated rings. The number of alkyl halides is 1. The Hall–Kier alpha value is -0.440. The minimum Gasteiger partial charge on any atom is -0.378 e. The van der Waals surface area contributed by atoms with Crippen LogP contribution in [0.2, 0.25) is 5.02 Å². The Bertz CT molecular complexity index is 350. The fourth-order valence-corrected chi connectivity index (χ4v) is 2.12. The topological polar surface area (TPSA) is 12.5 Å². The van der Waals surface area contributed by atoms with Gasteiger partial charge in [-0.1, -0.05) is 17.7 Å². The molecule has 1 aromatic rings. The highest BCUT2D eigenvalue weighted by Gasteiger charge is 2.27. The van der Waals surface area contributed by atoms with Crippen LogP contribution in [0.3, 0.4) is 0 Å². The Labute approximate surface area is 99.7 Å². The number of anilines is 1. The van der Waals surface area contributed by atoms with Crippen LogP contribution in [0.25, 0.3) is 0 Å². The van der Waals surface area contributed by atoms with Crippen molar-refractivity contribution in [3.8, 4) is 0 Å². The highest BCUT2D eigenvalue weighted by Crippen LogP contribution is 2.30. The molecule has 1 saturated heterocycles. The molecule has 0 amide bonds. The van der Waals surface area contributed by atoms with Gasteiger partial charge in [0.25, 0.3) is 0 Å². The Morgan fingerprint density at radius 3 is 2.80 bits per heavy atom. The van der Waals surface area contributed by atoms with Crippen molar-refractivity contribution in [3.63, 3.8) is 0 Å². The van der Waals surface area contributed by atoms with Gasteiger partial charge in [-0.2, -0.15) is 0 Å². The summed E-state index contributed by atoms with van der Waals surface area (Å²) in [5, 5.41) is 0.750. The van der Waals surface area contributed by atoms with Gasteiger partial charge >= 0.3 is 0 Å². The molecule has 2 rings (SSSR count). The zero-order valence-corrected chi connectivity index (χ0v) is 10.1. The van der Waals surface area contributed by atoms with Crippen molar-refractivity contribution in [1.82, 2.24) is 0 Å². The van der Waals surface area contributed by atoms with Gasteiger partial charge in [-0.15, -0.1) is 11.6 Å². The normalized spacial score (nSPS) is 16.6. The van der Waals surface area contributed by atoms with Crippen molar-refractivity contribution in [2.75, 3.05) is 25.1 Å². The fourth-order valence-electron chi connectivity index (χ4n) is 1.73. The SMILES string of the molecule is COC1CN(c2cc(Cl)ccc2CCl)C1. The molecule has 0 atom stereocenters. The number of benzene rings is 1. The van der Waals surface area contributed by atoms with E-state index in [1.165, 1.54) is 0 Å². The van der Waals surface area contributed by atoms with Crippen LogP contribution in [0, 0.1) is 0 Å². The highest BCUT2D eigenvalue weighted by molar-refractivity contribution is 6.31. The van der Waals surface area contributed by atoms with Gasteiger partial charge in [-0.05, 0) is 17.7 Å². The fraction of sp³-hybridized carbons (Fsp3) is 0.455. The van der Waals surface area contributed by atoms with Gasteiger partial charge in [0, 0.05) is 36.8 Å². The summed E-state index contributed by atoms with van der Waals surface area (Å²) < 4.78 is 5.23. The third-order valence-electron chi connectivity index (χ3n) is 2.71. The van der Waals surface area contributed by atoms with Gasteiger partial charge in [0.05, 0.1) is 6.10 Å². The Morgan fingerprint density at radius 2 is 2.20 bits per heavy atom. The van der Waals surface area contributed by atoms with Crippen molar-refractivity contribution >= 4 is 28.9 Å². The third-order valence-corrected chi connectivity index (χ3v) is 3.24. The first-order valence-corrected chi connectivity index (χ1v) is 5.78. The Balaban J connectivity index is 2.17. The molecule has 0 bridgehead atoms. The minimum atomic E-state index is 0.340. The van der Waals surface area contributed by atoms with Crippen molar-refractivity contribution in [2.45, 2.75) is 12.0 Å². The lowest BCUT2D eigenvalue weighted by Crippen LogP contribution is -2.52. The third kappa shape index (κ3) is 2.22. The molecule has 1 heterocycles. The van der Waals surface area contributed by atoms with Crippen LogP contribution in [0.4, 0.5) is 5.69 Å². The van der Waals surface area contributed by atoms with Gasteiger partial charge in [0.2, 0.25) is 0 Å². The summed E-state index contributed by atoms with van der Waals surface area (Å²) in [6.45, 7) is 1.83. The maximum Gasteiger partial charge on any atom is 0.0920 e. The van der Waals surface area contributed by atoms with Crippen LogP contribution in [0.15, 0.2) is 18.2 Å². The molecule has 0 unspecified atom stereocenters. The van der Waals surface area contributed by atoms with Crippen LogP contribution in [0.5, 0.6) is 0 Å². The molecular formula is C11H13Cl2NO. The lowest BCUT2D eigenvalue weighted by Gasteiger charge is -2.40. The van der Waals surface area contributed by atoms with E-state index in [1.54, 1.807) is 7.11 Å². The second-order valence-electron chi connectivity index (χ2n) is 3.67. The molecule has 0 saturated carbocycles. The predicted octanol–water partition coefficient (Wildman–Crippen LogP) is 2.91. The van der Waals surface area contributed by atoms with Crippen LogP contribution in [-0.4, -0.2) is 26.3 Å². The smallest absolute Gasteiger partial charge is 0.0920 e. The molecule has 1 aliphatic rings. The maximum absolute atomic E-state index is 5.97. The molecule has 0 aromatic heterocycles. The van der Waals surface area contributed by atoms with Gasteiger partial charge in [0.15, 0.2) is 0 Å². The van der Waals surface area contributed by atoms with E-state index < -0.39 is 0 Å². The Kier molecular flexibility index (Phi) is 3.39. The number of halogens is 2. The van der Waals surface area contributed by atoms with E-state index in [0.717, 1.165) is 29.4 Å². The number of nitrogens with zero attached hydrogens (tertiary/aromatic N) is 1. The number of rotatable bonds is 3. The molecular weight excluding hydrogens is 233 g/mol. The number of hydrogen-bond donors (Lipinski definition) is 0. The second-order valence-corrected chi connectivity index (χ2v) is 4.37. The van der Waals surface area contributed by atoms with Crippen LogP contribution >= 0.6 is 23.2 Å². The molecule has 0 spiro atoms. The summed E-state index contributed by atoms with van der Waals surface area (Å²) in [4.78, 5) is 2.23. The van der Waals surface area contributed by atoms with E-state index in [4.69, 9.17) is 27.9 Å². The molecule has 0 aliphatic carbocycles. The largest absolute Gasteiger partial charge is 0.378 e. The second kappa shape index (κ2) is 4.60. The van der Waals surface area contributed by atoms with E-state index >= 15 is 0 Å². The van der Waals surface area contributed by atoms with Crippen molar-refractivity contribution in [2.24, 2.45) is 0 Å². The molecule has 82 valence electrons. The number of hydrogen-bond acceptors (Lipinski definition) is 2. The number of ether oxygens (including phenoxy) is 1. The first-order chi connectivity index (χ1) is 7.24. The van der Waals surface area contributed by atoms with E-state index in [2.05, 4.69) is 4.90 Å². The monoisotopic (exact) mass is 245 g/mol. The van der Waals surface area contributed by atoms with Crippen molar-refractivity contribution in [3.05, 3.63) is 28.8 Å². The lowest BCUT2D eigenvalue weighted by atomic mass is 10.1. The molecule has 2 nitrogen and oxygen atoms in total. The zero-order chi connectivity index (χ0) is 10.8. The summed E-state index contributed by atoms with van der Waals surface area (Å²) >= 11 is 11.8. The van der Waals surface area contributed by atoms with E-state index in [-0.39, 0.29) is 0 Å². The van der Waals surface area contributed by atoms with Gasteiger partial charge in [-0.25, -0.2) is 0 Å². The van der Waals surface area contributed by atoms with Gasteiger partial charge in [-0.3, -0.25) is 0 Å². The lowest BCUT2D eigenvalue weighted by molar-refractivity contribution is 0.0787. The van der Waals surface area contributed by atoms with E-state index in [1.807, 2.05) is 18.2 Å². The first kappa shape index (κ1) is 11.1. The highest BCUT2D eigenvalue weighted by atomic mass is 35.5. The average molecular weight is 246 g/mol. The molecule has 1 aromatic carbocycles. The zero-order valence-electron chi connectivity index (χ0n) is 8.54. The Morgan fingerprint density at radius 1 is 1.47 bits per heavy atom. The predicted molar refractivity (Wildman–Crippen MR) is 64.0 cm³/mol. The summed E-state index contributed by atoms with van der Waals surface area (Å²) in [5.74, 6) is 0.515. The quantitative estimate of drug-likeness (QED) is 0.760. The average Bonchev–Trinajstić information content (AvgIpc) is 2.16. The summed E-state index contributed by atoms with van der Waals surface area (Å²) in [5.41, 5.74) is 2.25. The van der Waals surface area contributed by atoms with Gasteiger partial charge in [0.1, 0.15) is 0 Å². The maximum atomic E-state index is 5.97. The molecule has 4 heteroatoms. The van der Waals surface area contributed by atoms with E-state index in [0.29, 0.717) is 12.0 Å². The van der Waals surface area contributed by atoms with Crippen LogP contribution < -0.4 is 4.90 Å². The standard InChI is InChI=1S/C11H13Cl2NO/c1-15-10-6-14(7-10)11-4-9(13)3-2-8(11)5-12/h2-4,10H,5-7H2,1H3. The number of methoxy groups -OCH3 is 1. The molecule has 0 radical (unpaired) electrons. The van der Waals surface area contributed by atoms with Crippen LogP contribution in [0.1, 0.15) is 5.56 Å². The van der Waals surface area contributed by atoms with Crippen molar-refractivity contribution < 1.29 is 4.74 Å². The molecule has 0 N–H and O–H groups in total. The van der Waals surface area contributed by atoms with E-state index in [9.17, 15) is 0 Å². The molecule has 15 heavy (non-hydrogen) atoms. The van der Waals surface area contributed by atoms with Gasteiger partial charge < -0.3 is 9.64 Å². The summed E-state index contributed by atoms with van der Waals surface area (Å²) in [6.07, 6.45) is 0.340. The van der Waals surface area contributed by atoms with Crippen molar-refractivity contribution in [1.29, 1.82) is 0 Å².